The molecule has 1 saturated heterocycles. The van der Waals surface area contributed by atoms with Crippen molar-refractivity contribution in [3.05, 3.63) is 70.4 Å². The van der Waals surface area contributed by atoms with Crippen LogP contribution in [0.5, 0.6) is 0 Å². The first-order valence-electron chi connectivity index (χ1n) is 12.2. The number of unbranched alkanes of at least 4 members (excludes halogenated alkanes) is 2. The number of imide groups is 1. The van der Waals surface area contributed by atoms with E-state index < -0.39 is 0 Å². The van der Waals surface area contributed by atoms with Crippen molar-refractivity contribution >= 4 is 23.1 Å². The molecule has 1 fully saturated rings. The van der Waals surface area contributed by atoms with Gasteiger partial charge in [0.1, 0.15) is 5.70 Å². The van der Waals surface area contributed by atoms with Gasteiger partial charge in [0.05, 0.1) is 5.57 Å². The fraction of sp³-hybridized carbons (Fsp3) is 0.429. The largest absolute Gasteiger partial charge is 0.368 e. The van der Waals surface area contributed by atoms with Crippen LogP contribution in [0, 0.1) is 20.8 Å². The highest BCUT2D eigenvalue weighted by Gasteiger charge is 2.42. The quantitative estimate of drug-likeness (QED) is 0.458. The fourth-order valence-electron chi connectivity index (χ4n) is 4.93. The van der Waals surface area contributed by atoms with Gasteiger partial charge in [0, 0.05) is 38.4 Å². The second-order valence-electron chi connectivity index (χ2n) is 9.32. The average molecular weight is 446 g/mol. The summed E-state index contributed by atoms with van der Waals surface area (Å²) in [7, 11) is 0. The lowest BCUT2D eigenvalue weighted by Gasteiger charge is -2.38. The van der Waals surface area contributed by atoms with Crippen molar-refractivity contribution in [1.82, 2.24) is 9.80 Å². The highest BCUT2D eigenvalue weighted by Crippen LogP contribution is 2.34. The van der Waals surface area contributed by atoms with Crippen molar-refractivity contribution in [1.29, 1.82) is 0 Å². The van der Waals surface area contributed by atoms with Crippen molar-refractivity contribution in [2.75, 3.05) is 37.6 Å². The molecule has 0 bridgehead atoms. The molecule has 4 rings (SSSR count). The van der Waals surface area contributed by atoms with Crippen LogP contribution >= 0.6 is 0 Å². The second-order valence-corrected chi connectivity index (χ2v) is 9.32. The highest BCUT2D eigenvalue weighted by atomic mass is 16.2. The van der Waals surface area contributed by atoms with Crippen LogP contribution < -0.4 is 4.90 Å². The van der Waals surface area contributed by atoms with Gasteiger partial charge >= 0.3 is 0 Å². The van der Waals surface area contributed by atoms with Crippen molar-refractivity contribution in [2.45, 2.75) is 47.0 Å². The molecule has 0 unspecified atom stereocenters. The number of benzene rings is 2. The monoisotopic (exact) mass is 445 g/mol. The van der Waals surface area contributed by atoms with E-state index in [-0.39, 0.29) is 11.8 Å². The highest BCUT2D eigenvalue weighted by molar-refractivity contribution is 6.35. The van der Waals surface area contributed by atoms with Gasteiger partial charge in [-0.25, -0.2) is 0 Å². The third kappa shape index (κ3) is 4.68. The molecule has 2 aliphatic heterocycles. The minimum Gasteiger partial charge on any atom is -0.368 e. The number of aryl methyl sites for hydroxylation is 3. The van der Waals surface area contributed by atoms with E-state index in [2.05, 4.69) is 60.9 Å². The zero-order chi connectivity index (χ0) is 23.5. The van der Waals surface area contributed by atoms with E-state index in [1.54, 1.807) is 0 Å². The molecule has 33 heavy (non-hydrogen) atoms. The Hall–Kier alpha value is -3.08. The van der Waals surface area contributed by atoms with E-state index in [0.717, 1.165) is 62.1 Å². The van der Waals surface area contributed by atoms with Gasteiger partial charge in [-0.2, -0.15) is 0 Å². The lowest BCUT2D eigenvalue weighted by molar-refractivity contribution is -0.137. The average Bonchev–Trinajstić information content (AvgIpc) is 3.04. The first kappa shape index (κ1) is 23.1. The summed E-state index contributed by atoms with van der Waals surface area (Å²) in [4.78, 5) is 33.1. The molecule has 2 heterocycles. The standard InChI is InChI=1S/C28H35N3O2/c1-5-6-7-13-31-27(32)25(24-12-11-21(3)18-22(24)4)26(28(31)33)30-16-14-29(15-17-30)23-10-8-9-20(2)19-23/h8-12,18-19H,5-7,13-17H2,1-4H3. The van der Waals surface area contributed by atoms with Gasteiger partial charge in [0.2, 0.25) is 0 Å². The van der Waals surface area contributed by atoms with Crippen molar-refractivity contribution in [3.8, 4) is 0 Å². The molecule has 2 aromatic carbocycles. The maximum Gasteiger partial charge on any atom is 0.277 e. The number of hydrogen-bond acceptors (Lipinski definition) is 4. The molecule has 0 spiro atoms. The summed E-state index contributed by atoms with van der Waals surface area (Å²) in [5.74, 6) is -0.269. The van der Waals surface area contributed by atoms with Gasteiger partial charge in [-0.1, -0.05) is 55.7 Å². The van der Waals surface area contributed by atoms with E-state index in [0.29, 0.717) is 17.8 Å². The Morgan fingerprint density at radius 2 is 1.48 bits per heavy atom. The zero-order valence-corrected chi connectivity index (χ0v) is 20.4. The molecule has 2 amide bonds. The van der Waals surface area contributed by atoms with Gasteiger partial charge < -0.3 is 9.80 Å². The first-order chi connectivity index (χ1) is 15.9. The topological polar surface area (TPSA) is 43.9 Å². The van der Waals surface area contributed by atoms with Gasteiger partial charge in [-0.3, -0.25) is 14.5 Å². The van der Waals surface area contributed by atoms with Crippen molar-refractivity contribution in [3.63, 3.8) is 0 Å². The van der Waals surface area contributed by atoms with Crippen LogP contribution in [0.3, 0.4) is 0 Å². The third-order valence-electron chi connectivity index (χ3n) is 6.74. The molecule has 5 nitrogen and oxygen atoms in total. The number of hydrogen-bond donors (Lipinski definition) is 0. The molecule has 0 aromatic heterocycles. The SMILES string of the molecule is CCCCCN1C(=O)C(c2ccc(C)cc2C)=C(N2CCN(c3cccc(C)c3)CC2)C1=O. The summed E-state index contributed by atoms with van der Waals surface area (Å²) in [6.07, 6.45) is 2.92. The van der Waals surface area contributed by atoms with Gasteiger partial charge in [-0.15, -0.1) is 0 Å². The Morgan fingerprint density at radius 3 is 2.15 bits per heavy atom. The first-order valence-corrected chi connectivity index (χ1v) is 12.2. The number of carbonyl (C=O) groups excluding carboxylic acids is 2. The minimum absolute atomic E-state index is 0.130. The number of rotatable bonds is 7. The second kappa shape index (κ2) is 9.82. The maximum atomic E-state index is 13.6. The van der Waals surface area contributed by atoms with Crippen molar-refractivity contribution in [2.24, 2.45) is 0 Å². The van der Waals surface area contributed by atoms with Crippen LogP contribution in [0.2, 0.25) is 0 Å². The van der Waals surface area contributed by atoms with E-state index in [1.807, 2.05) is 19.1 Å². The molecule has 0 saturated carbocycles. The Morgan fingerprint density at radius 1 is 0.788 bits per heavy atom. The number of amides is 2. The molecule has 0 N–H and O–H groups in total. The Bertz CT molecular complexity index is 1080. The molecule has 0 radical (unpaired) electrons. The van der Waals surface area contributed by atoms with Gasteiger partial charge in [-0.05, 0) is 56.0 Å². The van der Waals surface area contributed by atoms with Crippen LogP contribution in [0.1, 0.15) is 48.4 Å². The van der Waals surface area contributed by atoms with Crippen LogP contribution in [-0.4, -0.2) is 54.3 Å². The van der Waals surface area contributed by atoms with E-state index in [1.165, 1.54) is 16.2 Å². The van der Waals surface area contributed by atoms with Crippen molar-refractivity contribution < 1.29 is 9.59 Å². The predicted molar refractivity (Wildman–Crippen MR) is 134 cm³/mol. The molecule has 5 heteroatoms. The lowest BCUT2D eigenvalue weighted by Crippen LogP contribution is -2.47. The zero-order valence-electron chi connectivity index (χ0n) is 20.4. The number of piperazine rings is 1. The lowest BCUT2D eigenvalue weighted by atomic mass is 9.97. The van der Waals surface area contributed by atoms with E-state index >= 15 is 0 Å². The molecule has 2 aromatic rings. The summed E-state index contributed by atoms with van der Waals surface area (Å²) < 4.78 is 0. The van der Waals surface area contributed by atoms with Crippen LogP contribution in [-0.2, 0) is 9.59 Å². The van der Waals surface area contributed by atoms with Gasteiger partial charge in [0.25, 0.3) is 11.8 Å². The summed E-state index contributed by atoms with van der Waals surface area (Å²) in [5.41, 5.74) is 6.71. The molecular formula is C28H35N3O2. The van der Waals surface area contributed by atoms with E-state index in [9.17, 15) is 9.59 Å². The van der Waals surface area contributed by atoms with Crippen LogP contribution in [0.15, 0.2) is 48.2 Å². The Balaban J connectivity index is 1.64. The number of anilines is 1. The molecular weight excluding hydrogens is 410 g/mol. The number of carbonyl (C=O) groups is 2. The summed E-state index contributed by atoms with van der Waals surface area (Å²) in [6, 6.07) is 14.7. The molecule has 2 aliphatic rings. The number of nitrogens with zero attached hydrogens (tertiary/aromatic N) is 3. The smallest absolute Gasteiger partial charge is 0.277 e. The summed E-state index contributed by atoms with van der Waals surface area (Å²) in [6.45, 7) is 11.9. The van der Waals surface area contributed by atoms with Crippen LogP contribution in [0.25, 0.3) is 5.57 Å². The van der Waals surface area contributed by atoms with Gasteiger partial charge in [0.15, 0.2) is 0 Å². The Kier molecular flexibility index (Phi) is 6.87. The summed E-state index contributed by atoms with van der Waals surface area (Å²) >= 11 is 0. The predicted octanol–water partition coefficient (Wildman–Crippen LogP) is 4.70. The van der Waals surface area contributed by atoms with Crippen LogP contribution in [0.4, 0.5) is 5.69 Å². The molecule has 174 valence electrons. The Labute approximate surface area is 197 Å². The maximum absolute atomic E-state index is 13.6. The fourth-order valence-corrected chi connectivity index (χ4v) is 4.93. The molecule has 0 aliphatic carbocycles. The minimum atomic E-state index is -0.140. The van der Waals surface area contributed by atoms with E-state index in [4.69, 9.17) is 0 Å². The summed E-state index contributed by atoms with van der Waals surface area (Å²) in [5, 5.41) is 0. The molecule has 0 atom stereocenters. The third-order valence-corrected chi connectivity index (χ3v) is 6.74. The normalized spacial score (nSPS) is 16.9.